The van der Waals surface area contributed by atoms with Crippen molar-refractivity contribution >= 4 is 24.1 Å². The molecule has 1 aromatic carbocycles. The standard InChI is InChI=1S/C12H13N3O3/c1-2-13-14-12(17)10-6-3-9(4-7-10)5-8-11(16)15-18/h2-8,18H,1H3,(H,14,17)(H,15,16)/b8-5+,13-2+. The van der Waals surface area contributed by atoms with Gasteiger partial charge in [-0.15, -0.1) is 0 Å². The summed E-state index contributed by atoms with van der Waals surface area (Å²) in [5.74, 6) is -0.925. The molecule has 6 heteroatoms. The fourth-order valence-electron chi connectivity index (χ4n) is 1.14. The second kappa shape index (κ2) is 6.97. The predicted molar refractivity (Wildman–Crippen MR) is 67.0 cm³/mol. The summed E-state index contributed by atoms with van der Waals surface area (Å²) in [5.41, 5.74) is 5.02. The van der Waals surface area contributed by atoms with E-state index >= 15 is 0 Å². The number of hydroxylamine groups is 1. The topological polar surface area (TPSA) is 90.8 Å². The van der Waals surface area contributed by atoms with Gasteiger partial charge in [-0.2, -0.15) is 5.10 Å². The van der Waals surface area contributed by atoms with E-state index in [2.05, 4.69) is 10.5 Å². The minimum absolute atomic E-state index is 0.309. The van der Waals surface area contributed by atoms with E-state index in [-0.39, 0.29) is 5.91 Å². The fourth-order valence-corrected chi connectivity index (χ4v) is 1.14. The van der Waals surface area contributed by atoms with Crippen LogP contribution in [-0.4, -0.2) is 23.2 Å². The Balaban J connectivity index is 2.71. The van der Waals surface area contributed by atoms with Gasteiger partial charge in [0.1, 0.15) is 0 Å². The summed E-state index contributed by atoms with van der Waals surface area (Å²) in [5, 5.41) is 11.9. The molecule has 94 valence electrons. The van der Waals surface area contributed by atoms with Crippen LogP contribution in [0.5, 0.6) is 0 Å². The highest BCUT2D eigenvalue weighted by molar-refractivity contribution is 5.95. The van der Waals surface area contributed by atoms with Crippen LogP contribution in [0.4, 0.5) is 0 Å². The molecule has 0 saturated heterocycles. The molecule has 0 aliphatic heterocycles. The third-order valence-corrected chi connectivity index (χ3v) is 2.01. The molecule has 0 radical (unpaired) electrons. The van der Waals surface area contributed by atoms with Crippen LogP contribution >= 0.6 is 0 Å². The first-order valence-electron chi connectivity index (χ1n) is 5.17. The molecule has 3 N–H and O–H groups in total. The average molecular weight is 247 g/mol. The van der Waals surface area contributed by atoms with Crippen LogP contribution in [0.15, 0.2) is 35.4 Å². The first-order chi connectivity index (χ1) is 8.67. The maximum absolute atomic E-state index is 11.5. The van der Waals surface area contributed by atoms with Gasteiger partial charge in [0, 0.05) is 17.9 Å². The summed E-state index contributed by atoms with van der Waals surface area (Å²) in [7, 11) is 0. The summed E-state index contributed by atoms with van der Waals surface area (Å²) in [6, 6.07) is 6.56. The Morgan fingerprint density at radius 3 is 2.50 bits per heavy atom. The first kappa shape index (κ1) is 13.6. The van der Waals surface area contributed by atoms with Crippen molar-refractivity contribution in [2.75, 3.05) is 0 Å². The number of carbonyl (C=O) groups is 2. The highest BCUT2D eigenvalue weighted by Gasteiger charge is 2.02. The number of amides is 2. The van der Waals surface area contributed by atoms with Gasteiger partial charge in [-0.25, -0.2) is 10.9 Å². The van der Waals surface area contributed by atoms with Crippen LogP contribution in [0.25, 0.3) is 6.08 Å². The van der Waals surface area contributed by atoms with E-state index in [0.717, 1.165) is 5.56 Å². The Kier molecular flexibility index (Phi) is 5.27. The highest BCUT2D eigenvalue weighted by atomic mass is 16.5. The van der Waals surface area contributed by atoms with E-state index in [1.807, 2.05) is 0 Å². The van der Waals surface area contributed by atoms with Crippen molar-refractivity contribution in [2.45, 2.75) is 6.92 Å². The van der Waals surface area contributed by atoms with E-state index in [9.17, 15) is 9.59 Å². The van der Waals surface area contributed by atoms with Gasteiger partial charge in [0.25, 0.3) is 11.8 Å². The molecule has 0 atom stereocenters. The summed E-state index contributed by atoms with van der Waals surface area (Å²) in [6.45, 7) is 1.69. The number of hydrogen-bond acceptors (Lipinski definition) is 4. The molecular weight excluding hydrogens is 234 g/mol. The lowest BCUT2D eigenvalue weighted by atomic mass is 10.1. The second-order valence-electron chi connectivity index (χ2n) is 3.26. The van der Waals surface area contributed by atoms with Crippen LogP contribution in [0.1, 0.15) is 22.8 Å². The Morgan fingerprint density at radius 2 is 1.94 bits per heavy atom. The third kappa shape index (κ3) is 4.18. The first-order valence-corrected chi connectivity index (χ1v) is 5.17. The number of carbonyl (C=O) groups excluding carboxylic acids is 2. The number of nitrogens with one attached hydrogen (secondary N) is 2. The van der Waals surface area contributed by atoms with Crippen LogP contribution in [-0.2, 0) is 4.79 Å². The summed E-state index contributed by atoms with van der Waals surface area (Å²) < 4.78 is 0. The van der Waals surface area contributed by atoms with E-state index in [0.29, 0.717) is 5.56 Å². The van der Waals surface area contributed by atoms with Gasteiger partial charge in [0.2, 0.25) is 0 Å². The molecule has 6 nitrogen and oxygen atoms in total. The van der Waals surface area contributed by atoms with Crippen molar-refractivity contribution in [3.63, 3.8) is 0 Å². The molecule has 0 saturated carbocycles. The molecule has 1 rings (SSSR count). The molecule has 0 aromatic heterocycles. The molecule has 0 aliphatic carbocycles. The van der Waals surface area contributed by atoms with Crippen LogP contribution in [0, 0.1) is 0 Å². The maximum Gasteiger partial charge on any atom is 0.271 e. The maximum atomic E-state index is 11.5. The Labute approximate surface area is 104 Å². The number of hydrogen-bond donors (Lipinski definition) is 3. The summed E-state index contributed by atoms with van der Waals surface area (Å²) in [4.78, 5) is 22.2. The zero-order valence-electron chi connectivity index (χ0n) is 9.75. The average Bonchev–Trinajstić information content (AvgIpc) is 2.42. The molecule has 18 heavy (non-hydrogen) atoms. The third-order valence-electron chi connectivity index (χ3n) is 2.01. The zero-order chi connectivity index (χ0) is 13.4. The van der Waals surface area contributed by atoms with Crippen molar-refractivity contribution in [3.8, 4) is 0 Å². The molecule has 1 aromatic rings. The molecule has 0 spiro atoms. The number of nitrogens with zero attached hydrogens (tertiary/aromatic N) is 1. The van der Waals surface area contributed by atoms with E-state index < -0.39 is 5.91 Å². The largest absolute Gasteiger partial charge is 0.288 e. The second-order valence-corrected chi connectivity index (χ2v) is 3.26. The van der Waals surface area contributed by atoms with Crippen LogP contribution in [0.3, 0.4) is 0 Å². The van der Waals surface area contributed by atoms with E-state index in [4.69, 9.17) is 5.21 Å². The smallest absolute Gasteiger partial charge is 0.271 e. The molecule has 0 aliphatic rings. The lowest BCUT2D eigenvalue weighted by Gasteiger charge is -2.00. The van der Waals surface area contributed by atoms with Gasteiger partial charge >= 0.3 is 0 Å². The molecule has 2 amide bonds. The minimum atomic E-state index is -0.617. The molecule has 0 bridgehead atoms. The SMILES string of the molecule is C/C=N/NC(=O)c1ccc(/C=C/C(=O)NO)cc1. The Morgan fingerprint density at radius 1 is 1.28 bits per heavy atom. The van der Waals surface area contributed by atoms with Gasteiger partial charge in [0.15, 0.2) is 0 Å². The van der Waals surface area contributed by atoms with E-state index in [1.54, 1.807) is 31.2 Å². The van der Waals surface area contributed by atoms with E-state index in [1.165, 1.54) is 23.8 Å². The van der Waals surface area contributed by atoms with Gasteiger partial charge < -0.3 is 0 Å². The summed E-state index contributed by atoms with van der Waals surface area (Å²) >= 11 is 0. The molecule has 0 heterocycles. The quantitative estimate of drug-likeness (QED) is 0.320. The van der Waals surface area contributed by atoms with Crippen molar-refractivity contribution < 1.29 is 14.8 Å². The van der Waals surface area contributed by atoms with Crippen molar-refractivity contribution in [3.05, 3.63) is 41.5 Å². The number of rotatable bonds is 4. The molecule has 0 unspecified atom stereocenters. The van der Waals surface area contributed by atoms with Gasteiger partial charge in [-0.05, 0) is 30.7 Å². The number of hydrazone groups is 1. The number of benzene rings is 1. The van der Waals surface area contributed by atoms with Gasteiger partial charge in [-0.3, -0.25) is 14.8 Å². The fraction of sp³-hybridized carbons (Fsp3) is 0.0833. The normalized spacial score (nSPS) is 10.8. The van der Waals surface area contributed by atoms with Crippen molar-refractivity contribution in [2.24, 2.45) is 5.10 Å². The lowest BCUT2D eigenvalue weighted by molar-refractivity contribution is -0.124. The molecular formula is C12H13N3O3. The molecule has 0 fully saturated rings. The monoisotopic (exact) mass is 247 g/mol. The lowest BCUT2D eigenvalue weighted by Crippen LogP contribution is -2.17. The van der Waals surface area contributed by atoms with Gasteiger partial charge in [-0.1, -0.05) is 12.1 Å². The van der Waals surface area contributed by atoms with Crippen molar-refractivity contribution in [1.82, 2.24) is 10.9 Å². The zero-order valence-corrected chi connectivity index (χ0v) is 9.75. The highest BCUT2D eigenvalue weighted by Crippen LogP contribution is 2.06. The van der Waals surface area contributed by atoms with Gasteiger partial charge in [0.05, 0.1) is 0 Å². The van der Waals surface area contributed by atoms with Crippen molar-refractivity contribution in [1.29, 1.82) is 0 Å². The Bertz CT molecular complexity index is 478. The minimum Gasteiger partial charge on any atom is -0.288 e. The van der Waals surface area contributed by atoms with Crippen LogP contribution < -0.4 is 10.9 Å². The predicted octanol–water partition coefficient (Wildman–Crippen LogP) is 0.941. The van der Waals surface area contributed by atoms with Crippen LogP contribution in [0.2, 0.25) is 0 Å². The Hall–Kier alpha value is -2.47. The summed E-state index contributed by atoms with van der Waals surface area (Å²) in [6.07, 6.45) is 4.16.